The zero-order valence-electron chi connectivity index (χ0n) is 4.26. The third-order valence-electron chi connectivity index (χ3n) is 0.795. The molecule has 0 aromatic heterocycles. The first-order chi connectivity index (χ1) is 3.18. The van der Waals surface area contributed by atoms with Crippen molar-refractivity contribution in [3.63, 3.8) is 0 Å². The Morgan fingerprint density at radius 1 is 1.71 bits per heavy atom. The van der Waals surface area contributed by atoms with Gasteiger partial charge in [-0.1, -0.05) is 0 Å². The molecule has 0 aliphatic carbocycles. The van der Waals surface area contributed by atoms with Crippen LogP contribution in [0.1, 0.15) is 6.92 Å². The average Bonchev–Trinajstić information content (AvgIpc) is 1.65. The molecule has 0 rings (SSSR count). The van der Waals surface area contributed by atoms with Crippen LogP contribution >= 0.6 is 0 Å². The summed E-state index contributed by atoms with van der Waals surface area (Å²) < 4.78 is 0. The predicted molar refractivity (Wildman–Crippen MR) is 23.7 cm³/mol. The summed E-state index contributed by atoms with van der Waals surface area (Å²) in [5.74, 6) is 0. The quantitative estimate of drug-likeness (QED) is 0.506. The number of nitrogens with two attached hydrogens (primary N) is 1. The molecule has 0 amide bonds. The fourth-order valence-corrected chi connectivity index (χ4v) is 0.136. The minimum atomic E-state index is -0.919. The van der Waals surface area contributed by atoms with Gasteiger partial charge in [0.25, 0.3) is 0 Å². The molecule has 0 bridgehead atoms. The summed E-state index contributed by atoms with van der Waals surface area (Å²) in [6.07, 6.45) is -0.919. The first-order valence-corrected chi connectivity index (χ1v) is 2.18. The molecular weight excluding hydrogens is 94.0 g/mol. The van der Waals surface area contributed by atoms with Crippen LogP contribution in [-0.2, 0) is 10.2 Å². The van der Waals surface area contributed by atoms with E-state index in [1.54, 1.807) is 0 Å². The van der Waals surface area contributed by atoms with Gasteiger partial charge in [0.05, 0.1) is 12.6 Å². The fourth-order valence-electron chi connectivity index (χ4n) is 0.136. The highest BCUT2D eigenvalue weighted by Crippen LogP contribution is 1.85. The van der Waals surface area contributed by atoms with Crippen LogP contribution < -0.4 is 5.73 Å². The molecule has 2 radical (unpaired) electrons. The first-order valence-electron chi connectivity index (χ1n) is 2.18. The van der Waals surface area contributed by atoms with E-state index in [2.05, 4.69) is 0 Å². The second-order valence-corrected chi connectivity index (χ2v) is 1.54. The summed E-state index contributed by atoms with van der Waals surface area (Å²) in [4.78, 5) is 0. The second kappa shape index (κ2) is 2.96. The van der Waals surface area contributed by atoms with E-state index in [-0.39, 0.29) is 0 Å². The smallest absolute Gasteiger partial charge is 0.108 e. The summed E-state index contributed by atoms with van der Waals surface area (Å²) >= 11 is 0. The van der Waals surface area contributed by atoms with Gasteiger partial charge in [-0.3, -0.25) is 0 Å². The second-order valence-electron chi connectivity index (χ2n) is 1.54. The van der Waals surface area contributed by atoms with E-state index >= 15 is 0 Å². The Kier molecular flexibility index (Phi) is 2.91. The highest BCUT2D eigenvalue weighted by molar-refractivity contribution is 4.63. The molecule has 0 aromatic carbocycles. The van der Waals surface area contributed by atoms with Gasteiger partial charge < -0.3 is 5.73 Å². The molecule has 0 spiro atoms. The maximum atomic E-state index is 10.1. The van der Waals surface area contributed by atoms with Gasteiger partial charge in [0.1, 0.15) is 6.10 Å². The zero-order chi connectivity index (χ0) is 5.86. The van der Waals surface area contributed by atoms with E-state index in [4.69, 9.17) is 5.73 Å². The van der Waals surface area contributed by atoms with Crippen LogP contribution in [0.3, 0.4) is 0 Å². The van der Waals surface area contributed by atoms with Crippen molar-refractivity contribution in [1.82, 2.24) is 0 Å². The Hall–Kier alpha value is -0.120. The maximum Gasteiger partial charge on any atom is 0.108 e. The van der Waals surface area contributed by atoms with E-state index in [0.717, 1.165) is 0 Å². The molecule has 0 heterocycles. The highest BCUT2D eigenvalue weighted by atomic mass is 16.3. The van der Waals surface area contributed by atoms with E-state index in [1.807, 2.05) is 0 Å². The van der Waals surface area contributed by atoms with Crippen molar-refractivity contribution in [3.8, 4) is 0 Å². The molecule has 7 heavy (non-hydrogen) atoms. The molecule has 2 atom stereocenters. The molecule has 42 valence electrons. The van der Waals surface area contributed by atoms with Gasteiger partial charge in [-0.25, -0.2) is 10.2 Å². The van der Waals surface area contributed by atoms with Crippen molar-refractivity contribution in [2.24, 2.45) is 5.73 Å². The molecule has 0 fully saturated rings. The largest absolute Gasteiger partial charge is 0.323 e. The van der Waals surface area contributed by atoms with Crippen molar-refractivity contribution in [3.05, 3.63) is 0 Å². The monoisotopic (exact) mass is 103 g/mol. The van der Waals surface area contributed by atoms with Gasteiger partial charge in [0, 0.05) is 0 Å². The van der Waals surface area contributed by atoms with Crippen molar-refractivity contribution >= 4 is 0 Å². The molecule has 2 unspecified atom stereocenters. The molecule has 0 saturated heterocycles. The summed E-state index contributed by atoms with van der Waals surface area (Å²) in [5, 5.41) is 19.9. The van der Waals surface area contributed by atoms with Crippen LogP contribution in [0.4, 0.5) is 0 Å². The third kappa shape index (κ3) is 2.56. The Labute approximate surface area is 42.8 Å². The van der Waals surface area contributed by atoms with Crippen LogP contribution in [0.25, 0.3) is 0 Å². The highest BCUT2D eigenvalue weighted by Gasteiger charge is 2.08. The number of hydrogen-bond donors (Lipinski definition) is 1. The van der Waals surface area contributed by atoms with Crippen LogP contribution in [0.2, 0.25) is 0 Å². The molecule has 3 nitrogen and oxygen atoms in total. The molecule has 2 N–H and O–H groups in total. The van der Waals surface area contributed by atoms with Crippen LogP contribution in [0.5, 0.6) is 0 Å². The molecular formula is C4H9NO2. The summed E-state index contributed by atoms with van der Waals surface area (Å²) in [6, 6.07) is -0.708. The maximum absolute atomic E-state index is 10.1. The minimum Gasteiger partial charge on any atom is -0.323 e. The van der Waals surface area contributed by atoms with Crippen LogP contribution in [0.15, 0.2) is 0 Å². The van der Waals surface area contributed by atoms with Gasteiger partial charge in [-0.2, -0.15) is 0 Å². The van der Waals surface area contributed by atoms with E-state index < -0.39 is 18.8 Å². The molecule has 0 aliphatic heterocycles. The van der Waals surface area contributed by atoms with E-state index in [0.29, 0.717) is 0 Å². The van der Waals surface area contributed by atoms with Crippen molar-refractivity contribution < 1.29 is 10.2 Å². The molecule has 0 aliphatic rings. The van der Waals surface area contributed by atoms with E-state index in [1.165, 1.54) is 6.92 Å². The van der Waals surface area contributed by atoms with Crippen molar-refractivity contribution in [2.75, 3.05) is 6.61 Å². The summed E-state index contributed by atoms with van der Waals surface area (Å²) in [5.41, 5.74) is 4.99. The lowest BCUT2D eigenvalue weighted by Crippen LogP contribution is -2.34. The minimum absolute atomic E-state index is 0.468. The normalized spacial score (nSPS) is 18.9. The van der Waals surface area contributed by atoms with Crippen molar-refractivity contribution in [2.45, 2.75) is 19.1 Å². The Balaban J connectivity index is 3.14. The molecule has 3 heteroatoms. The standard InChI is InChI=1S/C4H9NO2/c1-3(7)4(5)2-6/h3-4H,2,5H2,1H3. The van der Waals surface area contributed by atoms with Gasteiger partial charge >= 0.3 is 0 Å². The van der Waals surface area contributed by atoms with Gasteiger partial charge in [0.2, 0.25) is 0 Å². The Morgan fingerprint density at radius 2 is 2.14 bits per heavy atom. The molecule has 0 saturated carbocycles. The van der Waals surface area contributed by atoms with Crippen molar-refractivity contribution in [1.29, 1.82) is 0 Å². The summed E-state index contributed by atoms with van der Waals surface area (Å²) in [6.45, 7) is 0.924. The van der Waals surface area contributed by atoms with Gasteiger partial charge in [0.15, 0.2) is 0 Å². The predicted octanol–water partition coefficient (Wildman–Crippen LogP) is -0.437. The zero-order valence-corrected chi connectivity index (χ0v) is 4.26. The van der Waals surface area contributed by atoms with Gasteiger partial charge in [-0.05, 0) is 6.92 Å². The molecule has 0 aromatic rings. The topological polar surface area (TPSA) is 65.8 Å². The van der Waals surface area contributed by atoms with E-state index in [9.17, 15) is 10.2 Å². The van der Waals surface area contributed by atoms with Crippen LogP contribution in [0, 0.1) is 0 Å². The van der Waals surface area contributed by atoms with Gasteiger partial charge in [-0.15, -0.1) is 0 Å². The fraction of sp³-hybridized carbons (Fsp3) is 1.00. The lowest BCUT2D eigenvalue weighted by Gasteiger charge is -2.05. The average molecular weight is 103 g/mol. The Morgan fingerprint density at radius 3 is 2.14 bits per heavy atom. The number of hydrogen-bond acceptors (Lipinski definition) is 1. The van der Waals surface area contributed by atoms with Crippen LogP contribution in [-0.4, -0.2) is 18.8 Å². The first kappa shape index (κ1) is 6.88. The SMILES string of the molecule is CC([O])C(N)C[O]. The summed E-state index contributed by atoms with van der Waals surface area (Å²) in [7, 11) is 0. The Bertz CT molecular complexity index is 47.0. The number of rotatable bonds is 2. The lowest BCUT2D eigenvalue weighted by molar-refractivity contribution is 0.0437. The lowest BCUT2D eigenvalue weighted by atomic mass is 10.2. The third-order valence-corrected chi connectivity index (χ3v) is 0.795.